The average molecular weight is 409 g/mol. The minimum absolute atomic E-state index is 0.0859. The van der Waals surface area contributed by atoms with E-state index in [1.165, 1.54) is 0 Å². The van der Waals surface area contributed by atoms with E-state index < -0.39 is 0 Å². The highest BCUT2D eigenvalue weighted by molar-refractivity contribution is 5.95. The van der Waals surface area contributed by atoms with E-state index in [9.17, 15) is 4.79 Å². The second kappa shape index (κ2) is 9.67. The van der Waals surface area contributed by atoms with Crippen molar-refractivity contribution in [3.63, 3.8) is 0 Å². The lowest BCUT2D eigenvalue weighted by Gasteiger charge is -2.25. The van der Waals surface area contributed by atoms with Crippen molar-refractivity contribution in [2.45, 2.75) is 6.42 Å². The zero-order chi connectivity index (χ0) is 21.5. The quantitative estimate of drug-likeness (QED) is 0.473. The molecule has 0 atom stereocenters. The molecule has 2 aromatic heterocycles. The van der Waals surface area contributed by atoms with Crippen molar-refractivity contribution >= 4 is 17.3 Å². The summed E-state index contributed by atoms with van der Waals surface area (Å²) < 4.78 is 0. The number of carbonyl (C=O) groups excluding carboxylic acids is 1. The minimum atomic E-state index is -0.0859. The Labute approximate surface area is 182 Å². The summed E-state index contributed by atoms with van der Waals surface area (Å²) in [7, 11) is 1.65. The molecule has 0 saturated heterocycles. The van der Waals surface area contributed by atoms with Gasteiger partial charge in [-0.1, -0.05) is 36.4 Å². The second-order valence-corrected chi connectivity index (χ2v) is 7.14. The first-order valence-electron chi connectivity index (χ1n) is 10.2. The molecule has 0 saturated carbocycles. The summed E-state index contributed by atoms with van der Waals surface area (Å²) in [5.74, 6) is -0.0859. The third-order valence-electron chi connectivity index (χ3n) is 5.20. The highest BCUT2D eigenvalue weighted by Crippen LogP contribution is 2.28. The van der Waals surface area contributed by atoms with Gasteiger partial charge >= 0.3 is 0 Å². The van der Waals surface area contributed by atoms with Gasteiger partial charge in [0.05, 0.1) is 23.8 Å². The maximum absolute atomic E-state index is 12.3. The molecule has 0 radical (unpaired) electrons. The molecule has 0 aliphatic heterocycles. The lowest BCUT2D eigenvalue weighted by Crippen LogP contribution is -2.21. The van der Waals surface area contributed by atoms with Crippen LogP contribution in [0.25, 0.3) is 11.1 Å². The summed E-state index contributed by atoms with van der Waals surface area (Å²) in [5, 5.41) is 2.72. The summed E-state index contributed by atoms with van der Waals surface area (Å²) in [5.41, 5.74) is 6.04. The Morgan fingerprint density at radius 2 is 1.55 bits per heavy atom. The number of rotatable bonds is 7. The highest BCUT2D eigenvalue weighted by Gasteiger charge is 2.14. The van der Waals surface area contributed by atoms with Gasteiger partial charge in [0.1, 0.15) is 0 Å². The summed E-state index contributed by atoms with van der Waals surface area (Å²) in [6, 6.07) is 24.1. The Morgan fingerprint density at radius 3 is 2.13 bits per heavy atom. The van der Waals surface area contributed by atoms with Crippen molar-refractivity contribution in [2.75, 3.05) is 18.5 Å². The van der Waals surface area contributed by atoms with Crippen LogP contribution in [0.1, 0.15) is 15.9 Å². The van der Waals surface area contributed by atoms with Gasteiger partial charge in [0, 0.05) is 31.5 Å². The molecule has 0 bridgehead atoms. The Balaban J connectivity index is 1.70. The fraction of sp³-hybridized carbons (Fsp3) is 0.115. The zero-order valence-electron chi connectivity index (χ0n) is 17.4. The molecule has 4 aromatic rings. The molecule has 154 valence electrons. The SMILES string of the molecule is CNC(=O)c1ccc(-c2ccccc2)c(CCN(c2cccnc2)c2cccnc2)c1. The van der Waals surface area contributed by atoms with E-state index in [4.69, 9.17) is 0 Å². The van der Waals surface area contributed by atoms with E-state index in [0.29, 0.717) is 12.1 Å². The number of nitrogens with zero attached hydrogens (tertiary/aromatic N) is 3. The van der Waals surface area contributed by atoms with Crippen LogP contribution in [-0.4, -0.2) is 29.5 Å². The van der Waals surface area contributed by atoms with E-state index in [2.05, 4.69) is 32.3 Å². The predicted molar refractivity (Wildman–Crippen MR) is 124 cm³/mol. The molecule has 0 fully saturated rings. The third-order valence-corrected chi connectivity index (χ3v) is 5.20. The van der Waals surface area contributed by atoms with Gasteiger partial charge in [-0.3, -0.25) is 14.8 Å². The van der Waals surface area contributed by atoms with Crippen LogP contribution in [0.15, 0.2) is 97.6 Å². The van der Waals surface area contributed by atoms with Gasteiger partial charge in [0.2, 0.25) is 0 Å². The lowest BCUT2D eigenvalue weighted by molar-refractivity contribution is 0.0963. The fourth-order valence-electron chi connectivity index (χ4n) is 3.65. The number of aromatic nitrogens is 2. The van der Waals surface area contributed by atoms with Gasteiger partial charge < -0.3 is 10.2 Å². The van der Waals surface area contributed by atoms with E-state index in [0.717, 1.165) is 34.5 Å². The highest BCUT2D eigenvalue weighted by atomic mass is 16.1. The number of anilines is 2. The van der Waals surface area contributed by atoms with Crippen LogP contribution in [0, 0.1) is 0 Å². The summed E-state index contributed by atoms with van der Waals surface area (Å²) in [4.78, 5) is 23.0. The Morgan fingerprint density at radius 1 is 0.871 bits per heavy atom. The van der Waals surface area contributed by atoms with Crippen molar-refractivity contribution in [3.8, 4) is 11.1 Å². The van der Waals surface area contributed by atoms with Crippen LogP contribution in [-0.2, 0) is 6.42 Å². The normalized spacial score (nSPS) is 10.5. The summed E-state index contributed by atoms with van der Waals surface area (Å²) in [6.45, 7) is 0.717. The molecule has 1 N–H and O–H groups in total. The standard InChI is InChI=1S/C26H24N4O/c1-27-26(31)22-11-12-25(20-7-3-2-4-8-20)21(17-22)13-16-30(23-9-5-14-28-18-23)24-10-6-15-29-19-24/h2-12,14-15,17-19H,13,16H2,1H3,(H,27,31). The zero-order valence-corrected chi connectivity index (χ0v) is 17.4. The molecule has 31 heavy (non-hydrogen) atoms. The summed E-state index contributed by atoms with van der Waals surface area (Å²) >= 11 is 0. The topological polar surface area (TPSA) is 58.1 Å². The summed E-state index contributed by atoms with van der Waals surface area (Å²) in [6.07, 6.45) is 7.99. The molecular formula is C26H24N4O. The van der Waals surface area contributed by atoms with Crippen LogP contribution in [0.5, 0.6) is 0 Å². The van der Waals surface area contributed by atoms with E-state index in [1.807, 2.05) is 73.1 Å². The first-order chi connectivity index (χ1) is 15.3. The van der Waals surface area contributed by atoms with E-state index in [1.54, 1.807) is 19.4 Å². The Kier molecular flexibility index (Phi) is 6.33. The molecular weight excluding hydrogens is 384 g/mol. The van der Waals surface area contributed by atoms with Crippen LogP contribution < -0.4 is 10.2 Å². The largest absolute Gasteiger partial charge is 0.355 e. The Hall–Kier alpha value is -3.99. The van der Waals surface area contributed by atoms with Gasteiger partial charge in [0.25, 0.3) is 5.91 Å². The fourth-order valence-corrected chi connectivity index (χ4v) is 3.65. The smallest absolute Gasteiger partial charge is 0.251 e. The van der Waals surface area contributed by atoms with Gasteiger partial charge in [-0.15, -0.1) is 0 Å². The van der Waals surface area contributed by atoms with Crippen LogP contribution in [0.4, 0.5) is 11.4 Å². The second-order valence-electron chi connectivity index (χ2n) is 7.14. The molecule has 2 aromatic carbocycles. The molecule has 5 nitrogen and oxygen atoms in total. The maximum atomic E-state index is 12.3. The van der Waals surface area contributed by atoms with Crippen LogP contribution >= 0.6 is 0 Å². The molecule has 1 amide bonds. The molecule has 0 unspecified atom stereocenters. The van der Waals surface area contributed by atoms with Gasteiger partial charge in [-0.05, 0) is 59.5 Å². The average Bonchev–Trinajstić information content (AvgIpc) is 2.85. The molecule has 4 rings (SSSR count). The van der Waals surface area contributed by atoms with Crippen LogP contribution in [0.2, 0.25) is 0 Å². The first kappa shape index (κ1) is 20.3. The van der Waals surface area contributed by atoms with Crippen molar-refractivity contribution in [2.24, 2.45) is 0 Å². The van der Waals surface area contributed by atoms with E-state index in [-0.39, 0.29) is 5.91 Å². The number of hydrogen-bond acceptors (Lipinski definition) is 4. The maximum Gasteiger partial charge on any atom is 0.251 e. The third kappa shape index (κ3) is 4.78. The van der Waals surface area contributed by atoms with Gasteiger partial charge in [0.15, 0.2) is 0 Å². The molecule has 0 aliphatic carbocycles. The molecule has 5 heteroatoms. The number of hydrogen-bond donors (Lipinski definition) is 1. The number of amides is 1. The lowest BCUT2D eigenvalue weighted by atomic mass is 9.95. The Bertz CT molecular complexity index is 1090. The number of benzene rings is 2. The molecule has 0 aliphatic rings. The predicted octanol–water partition coefficient (Wildman–Crippen LogP) is 4.88. The molecule has 0 spiro atoms. The van der Waals surface area contributed by atoms with Crippen LogP contribution in [0.3, 0.4) is 0 Å². The van der Waals surface area contributed by atoms with Crippen molar-refractivity contribution in [1.82, 2.24) is 15.3 Å². The monoisotopic (exact) mass is 408 g/mol. The van der Waals surface area contributed by atoms with Crippen molar-refractivity contribution in [1.29, 1.82) is 0 Å². The number of pyridine rings is 2. The van der Waals surface area contributed by atoms with Gasteiger partial charge in [-0.25, -0.2) is 0 Å². The van der Waals surface area contributed by atoms with Gasteiger partial charge in [-0.2, -0.15) is 0 Å². The first-order valence-corrected chi connectivity index (χ1v) is 10.2. The molecule has 2 heterocycles. The van der Waals surface area contributed by atoms with Crippen molar-refractivity contribution < 1.29 is 4.79 Å². The van der Waals surface area contributed by atoms with E-state index >= 15 is 0 Å². The number of nitrogens with one attached hydrogen (secondary N) is 1. The minimum Gasteiger partial charge on any atom is -0.355 e. The number of carbonyl (C=O) groups is 1. The van der Waals surface area contributed by atoms with Crippen molar-refractivity contribution in [3.05, 3.63) is 109 Å².